The number of nitrogens with zero attached hydrogens (tertiary/aromatic N) is 2. The lowest BCUT2D eigenvalue weighted by molar-refractivity contribution is 0.559. The Balaban J connectivity index is 2.78. The number of hydrogen-bond acceptors (Lipinski definition) is 3. The first-order chi connectivity index (χ1) is 6.59. The number of hydrogen-bond donors (Lipinski definition) is 1. The Labute approximate surface area is 83.0 Å². The van der Waals surface area contributed by atoms with E-state index in [1.54, 1.807) is 12.4 Å². The Bertz CT molecular complexity index is 452. The van der Waals surface area contributed by atoms with Gasteiger partial charge in [0.25, 0.3) is 0 Å². The zero-order chi connectivity index (χ0) is 10.2. The molecule has 0 spiro atoms. The number of fused-ring (bicyclic) bond motifs is 1. The summed E-state index contributed by atoms with van der Waals surface area (Å²) in [6.45, 7) is 3.98. The zero-order valence-corrected chi connectivity index (χ0v) is 8.36. The van der Waals surface area contributed by atoms with E-state index in [-0.39, 0.29) is 5.54 Å². The molecule has 0 atom stereocenters. The number of rotatable bonds is 1. The second-order valence-electron chi connectivity index (χ2n) is 4.02. The summed E-state index contributed by atoms with van der Waals surface area (Å²) in [5.41, 5.74) is 6.83. The average Bonchev–Trinajstić information content (AvgIpc) is 2.15. The Morgan fingerprint density at radius 1 is 1.14 bits per heavy atom. The van der Waals surface area contributed by atoms with Crippen LogP contribution in [0.15, 0.2) is 30.6 Å². The maximum absolute atomic E-state index is 6.07. The minimum Gasteiger partial charge on any atom is -0.322 e. The van der Waals surface area contributed by atoms with Gasteiger partial charge < -0.3 is 5.73 Å². The van der Waals surface area contributed by atoms with E-state index in [1.807, 2.05) is 32.0 Å². The Hall–Kier alpha value is -1.48. The highest BCUT2D eigenvalue weighted by molar-refractivity contribution is 5.84. The summed E-state index contributed by atoms with van der Waals surface area (Å²) in [6.07, 6.45) is 3.52. The predicted molar refractivity (Wildman–Crippen MR) is 56.8 cm³/mol. The molecule has 0 amide bonds. The number of benzene rings is 1. The number of aromatic nitrogens is 2. The second kappa shape index (κ2) is 3.03. The van der Waals surface area contributed by atoms with Gasteiger partial charge in [-0.3, -0.25) is 0 Å². The van der Waals surface area contributed by atoms with E-state index < -0.39 is 0 Å². The molecule has 0 fully saturated rings. The van der Waals surface area contributed by atoms with E-state index in [0.29, 0.717) is 0 Å². The monoisotopic (exact) mass is 187 g/mol. The standard InChI is InChI=1S/C11H13N3/c1-11(2,12)10-5-3-4-8-6-13-14-7-9(8)10/h3-7H,12H2,1-2H3. The summed E-state index contributed by atoms with van der Waals surface area (Å²) in [6, 6.07) is 6.04. The van der Waals surface area contributed by atoms with Gasteiger partial charge in [-0.15, -0.1) is 0 Å². The van der Waals surface area contributed by atoms with Gasteiger partial charge in [0, 0.05) is 16.3 Å². The zero-order valence-electron chi connectivity index (χ0n) is 8.36. The van der Waals surface area contributed by atoms with E-state index in [4.69, 9.17) is 5.73 Å². The molecule has 0 aliphatic rings. The fraction of sp³-hybridized carbons (Fsp3) is 0.273. The second-order valence-corrected chi connectivity index (χ2v) is 4.02. The van der Waals surface area contributed by atoms with Crippen LogP contribution < -0.4 is 5.73 Å². The summed E-state index contributed by atoms with van der Waals surface area (Å²) in [5.74, 6) is 0. The molecule has 2 aromatic rings. The number of nitrogens with two attached hydrogens (primary N) is 1. The molecule has 2 rings (SSSR count). The lowest BCUT2D eigenvalue weighted by Gasteiger charge is -2.20. The molecule has 0 unspecified atom stereocenters. The SMILES string of the molecule is CC(C)(N)c1cccc2cnncc12. The van der Waals surface area contributed by atoms with Crippen molar-refractivity contribution in [3.8, 4) is 0 Å². The van der Waals surface area contributed by atoms with Gasteiger partial charge in [0.2, 0.25) is 0 Å². The third-order valence-electron chi connectivity index (χ3n) is 2.28. The summed E-state index contributed by atoms with van der Waals surface area (Å²) in [4.78, 5) is 0. The smallest absolute Gasteiger partial charge is 0.0578 e. The maximum Gasteiger partial charge on any atom is 0.0578 e. The van der Waals surface area contributed by atoms with Crippen molar-refractivity contribution in [1.82, 2.24) is 10.2 Å². The molecule has 3 nitrogen and oxygen atoms in total. The Morgan fingerprint density at radius 3 is 2.57 bits per heavy atom. The highest BCUT2D eigenvalue weighted by Gasteiger charge is 2.16. The average molecular weight is 187 g/mol. The van der Waals surface area contributed by atoms with Gasteiger partial charge in [-0.25, -0.2) is 0 Å². The van der Waals surface area contributed by atoms with Crippen molar-refractivity contribution in [1.29, 1.82) is 0 Å². The Morgan fingerprint density at radius 2 is 1.86 bits per heavy atom. The largest absolute Gasteiger partial charge is 0.322 e. The first-order valence-electron chi connectivity index (χ1n) is 4.58. The van der Waals surface area contributed by atoms with Crippen molar-refractivity contribution in [2.24, 2.45) is 5.73 Å². The third-order valence-corrected chi connectivity index (χ3v) is 2.28. The fourth-order valence-electron chi connectivity index (χ4n) is 1.59. The van der Waals surface area contributed by atoms with Gasteiger partial charge >= 0.3 is 0 Å². The first-order valence-corrected chi connectivity index (χ1v) is 4.58. The van der Waals surface area contributed by atoms with Crippen molar-refractivity contribution in [3.63, 3.8) is 0 Å². The Kier molecular flexibility index (Phi) is 1.97. The maximum atomic E-state index is 6.07. The van der Waals surface area contributed by atoms with Gasteiger partial charge in [0.05, 0.1) is 12.4 Å². The van der Waals surface area contributed by atoms with Gasteiger partial charge in [0.15, 0.2) is 0 Å². The van der Waals surface area contributed by atoms with Crippen LogP contribution in [0.1, 0.15) is 19.4 Å². The van der Waals surface area contributed by atoms with Crippen LogP contribution in [0.25, 0.3) is 10.8 Å². The van der Waals surface area contributed by atoms with Crippen molar-refractivity contribution in [3.05, 3.63) is 36.2 Å². The van der Waals surface area contributed by atoms with Crippen LogP contribution in [0.4, 0.5) is 0 Å². The summed E-state index contributed by atoms with van der Waals surface area (Å²) >= 11 is 0. The molecule has 0 aliphatic carbocycles. The molecule has 0 saturated carbocycles. The summed E-state index contributed by atoms with van der Waals surface area (Å²) < 4.78 is 0. The lowest BCUT2D eigenvalue weighted by atomic mass is 9.92. The van der Waals surface area contributed by atoms with Crippen LogP contribution >= 0.6 is 0 Å². The predicted octanol–water partition coefficient (Wildman–Crippen LogP) is 1.82. The highest BCUT2D eigenvalue weighted by Crippen LogP contribution is 2.25. The molecule has 3 heteroatoms. The minimum atomic E-state index is -0.345. The van der Waals surface area contributed by atoms with E-state index in [0.717, 1.165) is 16.3 Å². The van der Waals surface area contributed by atoms with Gasteiger partial charge in [0.1, 0.15) is 0 Å². The summed E-state index contributed by atoms with van der Waals surface area (Å²) in [5, 5.41) is 9.89. The van der Waals surface area contributed by atoms with E-state index in [9.17, 15) is 0 Å². The normalized spacial score (nSPS) is 11.9. The van der Waals surface area contributed by atoms with Gasteiger partial charge in [-0.1, -0.05) is 18.2 Å². The van der Waals surface area contributed by atoms with E-state index in [2.05, 4.69) is 10.2 Å². The molecule has 1 aromatic carbocycles. The molecule has 1 heterocycles. The third kappa shape index (κ3) is 1.46. The van der Waals surface area contributed by atoms with E-state index >= 15 is 0 Å². The van der Waals surface area contributed by atoms with Crippen LogP contribution in [0.2, 0.25) is 0 Å². The molecule has 0 bridgehead atoms. The van der Waals surface area contributed by atoms with Crippen molar-refractivity contribution in [2.75, 3.05) is 0 Å². The topological polar surface area (TPSA) is 51.8 Å². The quantitative estimate of drug-likeness (QED) is 0.741. The van der Waals surface area contributed by atoms with Gasteiger partial charge in [-0.2, -0.15) is 10.2 Å². The lowest BCUT2D eigenvalue weighted by Crippen LogP contribution is -2.28. The van der Waals surface area contributed by atoms with Crippen molar-refractivity contribution in [2.45, 2.75) is 19.4 Å². The molecule has 72 valence electrons. The van der Waals surface area contributed by atoms with Gasteiger partial charge in [-0.05, 0) is 19.4 Å². The molecule has 1 aromatic heterocycles. The van der Waals surface area contributed by atoms with E-state index in [1.165, 1.54) is 0 Å². The van der Waals surface area contributed by atoms with Crippen LogP contribution in [-0.2, 0) is 5.54 Å². The minimum absolute atomic E-state index is 0.345. The molecular weight excluding hydrogens is 174 g/mol. The van der Waals surface area contributed by atoms with Crippen LogP contribution in [0, 0.1) is 0 Å². The molecule has 0 aliphatic heterocycles. The van der Waals surface area contributed by atoms with Crippen molar-refractivity contribution >= 4 is 10.8 Å². The molecule has 2 N–H and O–H groups in total. The highest BCUT2D eigenvalue weighted by atomic mass is 15.1. The summed E-state index contributed by atoms with van der Waals surface area (Å²) in [7, 11) is 0. The van der Waals surface area contributed by atoms with Crippen LogP contribution in [-0.4, -0.2) is 10.2 Å². The fourth-order valence-corrected chi connectivity index (χ4v) is 1.59. The van der Waals surface area contributed by atoms with Crippen LogP contribution in [0.3, 0.4) is 0 Å². The first kappa shape index (κ1) is 9.09. The molecule has 0 radical (unpaired) electrons. The molecule has 14 heavy (non-hydrogen) atoms. The molecular formula is C11H13N3. The van der Waals surface area contributed by atoms with Crippen LogP contribution in [0.5, 0.6) is 0 Å². The molecule has 0 saturated heterocycles. The van der Waals surface area contributed by atoms with Crippen molar-refractivity contribution < 1.29 is 0 Å².